The highest BCUT2D eigenvalue weighted by molar-refractivity contribution is 5.96. The first-order chi connectivity index (χ1) is 13.6. The molecule has 0 unspecified atom stereocenters. The van der Waals surface area contributed by atoms with Crippen LogP contribution in [0.2, 0.25) is 0 Å². The largest absolute Gasteiger partial charge is 0.462 e. The minimum absolute atomic E-state index is 0.0609. The van der Waals surface area contributed by atoms with Crippen molar-refractivity contribution in [1.29, 1.82) is 0 Å². The molecule has 0 saturated carbocycles. The molecular weight excluding hydrogens is 358 g/mol. The molecular formula is C20H25N5O3. The lowest BCUT2D eigenvalue weighted by molar-refractivity contribution is 0.0527. The van der Waals surface area contributed by atoms with E-state index in [0.29, 0.717) is 42.5 Å². The van der Waals surface area contributed by atoms with Gasteiger partial charge in [0.2, 0.25) is 5.95 Å². The van der Waals surface area contributed by atoms with Gasteiger partial charge in [-0.25, -0.2) is 14.8 Å². The summed E-state index contributed by atoms with van der Waals surface area (Å²) in [6.07, 6.45) is 3.02. The zero-order chi connectivity index (χ0) is 19.9. The molecule has 1 aliphatic heterocycles. The molecule has 0 bridgehead atoms. The lowest BCUT2D eigenvalue weighted by Crippen LogP contribution is -2.48. The van der Waals surface area contributed by atoms with E-state index in [-0.39, 0.29) is 5.91 Å². The molecule has 148 valence electrons. The molecule has 3 rings (SSSR count). The molecule has 1 amide bonds. The molecule has 2 aromatic rings. The predicted molar refractivity (Wildman–Crippen MR) is 106 cm³/mol. The second-order valence-electron chi connectivity index (χ2n) is 6.41. The fourth-order valence-electron chi connectivity index (χ4n) is 3.05. The molecule has 28 heavy (non-hydrogen) atoms. The number of piperazine rings is 1. The molecule has 0 aliphatic carbocycles. The van der Waals surface area contributed by atoms with Gasteiger partial charge < -0.3 is 19.9 Å². The summed E-state index contributed by atoms with van der Waals surface area (Å²) in [4.78, 5) is 37.3. The van der Waals surface area contributed by atoms with Crippen LogP contribution in [0, 0.1) is 0 Å². The van der Waals surface area contributed by atoms with Gasteiger partial charge in [0.15, 0.2) is 0 Å². The number of carbonyl (C=O) groups excluding carboxylic acids is 2. The summed E-state index contributed by atoms with van der Waals surface area (Å²) < 4.78 is 5.07. The number of ether oxygens (including phenoxy) is 1. The van der Waals surface area contributed by atoms with Gasteiger partial charge >= 0.3 is 5.97 Å². The van der Waals surface area contributed by atoms with Crippen LogP contribution in [0.5, 0.6) is 0 Å². The Morgan fingerprint density at radius 1 is 1.07 bits per heavy atom. The number of esters is 1. The number of hydrogen-bond donors (Lipinski definition) is 1. The molecule has 8 nitrogen and oxygen atoms in total. The van der Waals surface area contributed by atoms with Crippen molar-refractivity contribution >= 4 is 23.5 Å². The van der Waals surface area contributed by atoms with Crippen LogP contribution in [-0.2, 0) is 4.74 Å². The Balaban J connectivity index is 1.67. The standard InChI is InChI=1S/C20H25N5O3/c1-3-24-9-11-25(12-10-24)18(26)15-13-21-20(22-14-15)23-17-8-6-5-7-16(17)19(27)28-4-2/h5-8,13-14H,3-4,9-12H2,1-2H3,(H,21,22,23). The Morgan fingerprint density at radius 3 is 2.39 bits per heavy atom. The number of nitrogens with one attached hydrogen (secondary N) is 1. The normalized spacial score (nSPS) is 14.6. The molecule has 1 N–H and O–H groups in total. The van der Waals surface area contributed by atoms with E-state index in [0.717, 1.165) is 19.6 Å². The second kappa shape index (κ2) is 9.27. The van der Waals surface area contributed by atoms with Crippen LogP contribution in [0.3, 0.4) is 0 Å². The summed E-state index contributed by atoms with van der Waals surface area (Å²) in [5, 5.41) is 3.02. The maximum atomic E-state index is 12.6. The van der Waals surface area contributed by atoms with E-state index in [2.05, 4.69) is 27.1 Å². The van der Waals surface area contributed by atoms with E-state index in [4.69, 9.17) is 4.74 Å². The van der Waals surface area contributed by atoms with Crippen LogP contribution in [0.4, 0.5) is 11.6 Å². The molecule has 2 heterocycles. The number of nitrogens with zero attached hydrogens (tertiary/aromatic N) is 4. The SMILES string of the molecule is CCOC(=O)c1ccccc1Nc1ncc(C(=O)N2CCN(CC)CC2)cn1. The van der Waals surface area contributed by atoms with Crippen molar-refractivity contribution in [2.24, 2.45) is 0 Å². The summed E-state index contributed by atoms with van der Waals surface area (Å²) in [5.41, 5.74) is 1.41. The van der Waals surface area contributed by atoms with Crippen LogP contribution in [0.15, 0.2) is 36.7 Å². The van der Waals surface area contributed by atoms with Crippen LogP contribution in [0.1, 0.15) is 34.6 Å². The Bertz CT molecular complexity index is 817. The van der Waals surface area contributed by atoms with E-state index in [1.165, 1.54) is 12.4 Å². The van der Waals surface area contributed by atoms with E-state index in [1.807, 2.05) is 4.90 Å². The number of benzene rings is 1. The smallest absolute Gasteiger partial charge is 0.340 e. The van der Waals surface area contributed by atoms with Crippen molar-refractivity contribution < 1.29 is 14.3 Å². The molecule has 0 radical (unpaired) electrons. The van der Waals surface area contributed by atoms with Gasteiger partial charge in [-0.05, 0) is 25.6 Å². The van der Waals surface area contributed by atoms with E-state index >= 15 is 0 Å². The molecule has 1 aromatic carbocycles. The topological polar surface area (TPSA) is 87.7 Å². The fraction of sp³-hybridized carbons (Fsp3) is 0.400. The van der Waals surface area contributed by atoms with E-state index in [1.54, 1.807) is 31.2 Å². The third kappa shape index (κ3) is 4.64. The summed E-state index contributed by atoms with van der Waals surface area (Å²) in [6, 6.07) is 6.99. The van der Waals surface area contributed by atoms with Crippen LogP contribution < -0.4 is 5.32 Å². The Labute approximate surface area is 164 Å². The number of likely N-dealkylation sites (N-methyl/N-ethyl adjacent to an activating group) is 1. The third-order valence-electron chi connectivity index (χ3n) is 4.67. The first-order valence-corrected chi connectivity index (χ1v) is 9.49. The van der Waals surface area contributed by atoms with E-state index < -0.39 is 5.97 Å². The first-order valence-electron chi connectivity index (χ1n) is 9.49. The number of anilines is 2. The van der Waals surface area contributed by atoms with Gasteiger partial charge in [-0.3, -0.25) is 4.79 Å². The number of hydrogen-bond acceptors (Lipinski definition) is 7. The highest BCUT2D eigenvalue weighted by Crippen LogP contribution is 2.19. The zero-order valence-corrected chi connectivity index (χ0v) is 16.2. The van der Waals surface area contributed by atoms with Crippen molar-refractivity contribution in [2.45, 2.75) is 13.8 Å². The molecule has 0 atom stereocenters. The quantitative estimate of drug-likeness (QED) is 0.765. The van der Waals surface area contributed by atoms with Gasteiger partial charge in [0, 0.05) is 38.6 Å². The van der Waals surface area contributed by atoms with Gasteiger partial charge in [-0.1, -0.05) is 19.1 Å². The monoisotopic (exact) mass is 383 g/mol. The molecule has 1 fully saturated rings. The second-order valence-corrected chi connectivity index (χ2v) is 6.41. The molecule has 8 heteroatoms. The highest BCUT2D eigenvalue weighted by atomic mass is 16.5. The summed E-state index contributed by atoms with van der Waals surface area (Å²) in [5.74, 6) is -0.165. The number of carbonyl (C=O) groups is 2. The lowest BCUT2D eigenvalue weighted by atomic mass is 10.2. The van der Waals surface area contributed by atoms with Gasteiger partial charge in [-0.15, -0.1) is 0 Å². The average Bonchev–Trinajstić information content (AvgIpc) is 2.74. The van der Waals surface area contributed by atoms with Crippen molar-refractivity contribution in [3.63, 3.8) is 0 Å². The minimum Gasteiger partial charge on any atom is -0.462 e. The Morgan fingerprint density at radius 2 is 1.75 bits per heavy atom. The predicted octanol–water partition coefficient (Wildman–Crippen LogP) is 2.17. The fourth-order valence-corrected chi connectivity index (χ4v) is 3.05. The number of rotatable bonds is 6. The number of aromatic nitrogens is 2. The Kier molecular flexibility index (Phi) is 6.54. The van der Waals surface area contributed by atoms with Crippen LogP contribution in [0.25, 0.3) is 0 Å². The summed E-state index contributed by atoms with van der Waals surface area (Å²) in [7, 11) is 0. The highest BCUT2D eigenvalue weighted by Gasteiger charge is 2.22. The van der Waals surface area contributed by atoms with Crippen molar-refractivity contribution in [3.8, 4) is 0 Å². The van der Waals surface area contributed by atoms with Gasteiger partial charge in [0.25, 0.3) is 5.91 Å². The van der Waals surface area contributed by atoms with Crippen molar-refractivity contribution in [2.75, 3.05) is 44.6 Å². The average molecular weight is 383 g/mol. The molecule has 0 spiro atoms. The van der Waals surface area contributed by atoms with Crippen LogP contribution in [-0.4, -0.2) is 71.0 Å². The van der Waals surface area contributed by atoms with Crippen molar-refractivity contribution in [1.82, 2.24) is 19.8 Å². The minimum atomic E-state index is -0.413. The van der Waals surface area contributed by atoms with Gasteiger partial charge in [-0.2, -0.15) is 0 Å². The number of para-hydroxylation sites is 1. The maximum absolute atomic E-state index is 12.6. The lowest BCUT2D eigenvalue weighted by Gasteiger charge is -2.33. The van der Waals surface area contributed by atoms with E-state index in [9.17, 15) is 9.59 Å². The molecule has 1 saturated heterocycles. The summed E-state index contributed by atoms with van der Waals surface area (Å²) in [6.45, 7) is 8.36. The van der Waals surface area contributed by atoms with Gasteiger partial charge in [0.1, 0.15) is 0 Å². The number of amides is 1. The Hall–Kier alpha value is -3.00. The third-order valence-corrected chi connectivity index (χ3v) is 4.67. The maximum Gasteiger partial charge on any atom is 0.340 e. The molecule has 1 aromatic heterocycles. The zero-order valence-electron chi connectivity index (χ0n) is 16.2. The molecule has 1 aliphatic rings. The van der Waals surface area contributed by atoms with Crippen LogP contribution >= 0.6 is 0 Å². The van der Waals surface area contributed by atoms with Gasteiger partial charge in [0.05, 0.1) is 23.4 Å². The van der Waals surface area contributed by atoms with Crippen molar-refractivity contribution in [3.05, 3.63) is 47.8 Å². The first kappa shape index (κ1) is 19.8. The summed E-state index contributed by atoms with van der Waals surface area (Å²) >= 11 is 0.